The standard InChI is InChI=1S/C18H14N8O2/c1-28-16-6-10(2-5-15(16)27)17-21-13-4-3-12(7-14(13)22-17)20-9-11(8-19)18-23-25-26-24-18/h2-7,9,20,27H,1H3,(H,21,22)(H,23,24,25,26). The highest BCUT2D eigenvalue weighted by molar-refractivity contribution is 5.84. The number of phenolic OH excluding ortho intramolecular Hbond substituents is 1. The molecule has 0 spiro atoms. The van der Waals surface area contributed by atoms with Crippen LogP contribution in [0.15, 0.2) is 42.6 Å². The minimum atomic E-state index is 0.0653. The molecule has 2 aromatic heterocycles. The maximum atomic E-state index is 9.74. The number of aromatic nitrogens is 6. The number of nitriles is 1. The first-order valence-corrected chi connectivity index (χ1v) is 8.15. The number of rotatable bonds is 5. The van der Waals surface area contributed by atoms with Crippen LogP contribution in [-0.4, -0.2) is 42.8 Å². The summed E-state index contributed by atoms with van der Waals surface area (Å²) in [6, 6.07) is 12.6. The third kappa shape index (κ3) is 3.19. The number of hydrogen-bond acceptors (Lipinski definition) is 8. The molecule has 4 rings (SSSR count). The van der Waals surface area contributed by atoms with E-state index in [1.165, 1.54) is 13.3 Å². The normalized spacial score (nSPS) is 11.4. The first kappa shape index (κ1) is 17.0. The van der Waals surface area contributed by atoms with E-state index in [0.29, 0.717) is 11.6 Å². The number of H-pyrrole nitrogens is 2. The molecule has 138 valence electrons. The quantitative estimate of drug-likeness (QED) is 0.389. The Balaban J connectivity index is 1.63. The Labute approximate surface area is 158 Å². The van der Waals surface area contributed by atoms with Crippen molar-refractivity contribution >= 4 is 22.3 Å². The van der Waals surface area contributed by atoms with E-state index < -0.39 is 0 Å². The maximum absolute atomic E-state index is 9.74. The van der Waals surface area contributed by atoms with Gasteiger partial charge in [0.25, 0.3) is 0 Å². The molecule has 10 nitrogen and oxygen atoms in total. The number of imidazole rings is 1. The molecule has 4 N–H and O–H groups in total. The zero-order valence-electron chi connectivity index (χ0n) is 14.6. The fourth-order valence-corrected chi connectivity index (χ4v) is 2.64. The van der Waals surface area contributed by atoms with E-state index in [9.17, 15) is 10.4 Å². The Morgan fingerprint density at radius 2 is 2.18 bits per heavy atom. The molecule has 0 unspecified atom stereocenters. The number of nitrogens with one attached hydrogen (secondary N) is 3. The lowest BCUT2D eigenvalue weighted by Crippen LogP contribution is -1.92. The molecule has 0 saturated carbocycles. The van der Waals surface area contributed by atoms with Gasteiger partial charge in [0.15, 0.2) is 11.5 Å². The molecule has 4 aromatic rings. The smallest absolute Gasteiger partial charge is 0.216 e. The lowest BCUT2D eigenvalue weighted by atomic mass is 10.2. The lowest BCUT2D eigenvalue weighted by Gasteiger charge is -2.04. The monoisotopic (exact) mass is 374 g/mol. The van der Waals surface area contributed by atoms with Crippen molar-refractivity contribution in [2.24, 2.45) is 0 Å². The van der Waals surface area contributed by atoms with Crippen molar-refractivity contribution in [2.45, 2.75) is 0 Å². The zero-order chi connectivity index (χ0) is 19.5. The van der Waals surface area contributed by atoms with Crippen LogP contribution in [0.4, 0.5) is 5.69 Å². The molecule has 2 heterocycles. The summed E-state index contributed by atoms with van der Waals surface area (Å²) in [7, 11) is 1.49. The topological polar surface area (TPSA) is 148 Å². The summed E-state index contributed by atoms with van der Waals surface area (Å²) in [5.74, 6) is 1.29. The van der Waals surface area contributed by atoms with E-state index in [2.05, 4.69) is 35.9 Å². The van der Waals surface area contributed by atoms with E-state index in [0.717, 1.165) is 22.3 Å². The molecule has 0 aliphatic carbocycles. The number of ether oxygens (including phenoxy) is 1. The number of benzene rings is 2. The van der Waals surface area contributed by atoms with Crippen LogP contribution >= 0.6 is 0 Å². The molecule has 0 saturated heterocycles. The Kier molecular flexibility index (Phi) is 4.31. The highest BCUT2D eigenvalue weighted by Gasteiger charge is 2.10. The van der Waals surface area contributed by atoms with Crippen molar-refractivity contribution in [3.63, 3.8) is 0 Å². The van der Waals surface area contributed by atoms with E-state index in [4.69, 9.17) is 4.74 Å². The highest BCUT2D eigenvalue weighted by atomic mass is 16.5. The molecule has 28 heavy (non-hydrogen) atoms. The van der Waals surface area contributed by atoms with Gasteiger partial charge >= 0.3 is 0 Å². The summed E-state index contributed by atoms with van der Waals surface area (Å²) in [4.78, 5) is 7.80. The number of tetrazole rings is 1. The number of hydrogen-bond donors (Lipinski definition) is 4. The summed E-state index contributed by atoms with van der Waals surface area (Å²) in [6.07, 6.45) is 1.51. The average Bonchev–Trinajstić information content (AvgIpc) is 3.38. The van der Waals surface area contributed by atoms with Gasteiger partial charge in [-0.25, -0.2) is 4.98 Å². The maximum Gasteiger partial charge on any atom is 0.216 e. The molecule has 0 amide bonds. The average molecular weight is 374 g/mol. The van der Waals surface area contributed by atoms with Crippen LogP contribution < -0.4 is 10.1 Å². The third-order valence-electron chi connectivity index (χ3n) is 4.02. The number of aromatic amines is 2. The van der Waals surface area contributed by atoms with Crippen molar-refractivity contribution in [1.29, 1.82) is 5.26 Å². The Morgan fingerprint density at radius 1 is 1.29 bits per heavy atom. The van der Waals surface area contributed by atoms with Gasteiger partial charge in [0.2, 0.25) is 5.82 Å². The lowest BCUT2D eigenvalue weighted by molar-refractivity contribution is 0.373. The van der Waals surface area contributed by atoms with Crippen LogP contribution in [0.1, 0.15) is 5.82 Å². The zero-order valence-corrected chi connectivity index (χ0v) is 14.6. The summed E-state index contributed by atoms with van der Waals surface area (Å²) >= 11 is 0. The minimum Gasteiger partial charge on any atom is -0.504 e. The molecule has 10 heteroatoms. The second kappa shape index (κ2) is 7.08. The second-order valence-corrected chi connectivity index (χ2v) is 5.75. The van der Waals surface area contributed by atoms with Crippen LogP contribution in [-0.2, 0) is 0 Å². The highest BCUT2D eigenvalue weighted by Crippen LogP contribution is 2.31. The van der Waals surface area contributed by atoms with Crippen LogP contribution in [0.5, 0.6) is 11.5 Å². The van der Waals surface area contributed by atoms with Gasteiger partial charge in [0.05, 0.1) is 18.1 Å². The molecule has 0 aliphatic heterocycles. The first-order valence-electron chi connectivity index (χ1n) is 8.15. The summed E-state index contributed by atoms with van der Waals surface area (Å²) in [5.41, 5.74) is 3.36. The largest absolute Gasteiger partial charge is 0.504 e. The van der Waals surface area contributed by atoms with E-state index in [-0.39, 0.29) is 17.1 Å². The van der Waals surface area contributed by atoms with Crippen molar-refractivity contribution in [2.75, 3.05) is 12.4 Å². The predicted molar refractivity (Wildman–Crippen MR) is 101 cm³/mol. The number of fused-ring (bicyclic) bond motifs is 1. The van der Waals surface area contributed by atoms with Crippen LogP contribution in [0.2, 0.25) is 0 Å². The van der Waals surface area contributed by atoms with Gasteiger partial charge in [0.1, 0.15) is 17.5 Å². The summed E-state index contributed by atoms with van der Waals surface area (Å²) < 4.78 is 5.14. The molecule has 0 fully saturated rings. The molecular formula is C18H14N8O2. The Bertz CT molecular complexity index is 1200. The Morgan fingerprint density at radius 3 is 2.93 bits per heavy atom. The Hall–Kier alpha value is -4.39. The molecule has 0 atom stereocenters. The van der Waals surface area contributed by atoms with Gasteiger partial charge in [-0.05, 0) is 41.6 Å². The van der Waals surface area contributed by atoms with Crippen molar-refractivity contribution in [3.8, 4) is 29.0 Å². The number of allylic oxidation sites excluding steroid dienone is 1. The van der Waals surface area contributed by atoms with Crippen LogP contribution in [0, 0.1) is 11.3 Å². The number of methoxy groups -OCH3 is 1. The van der Waals surface area contributed by atoms with E-state index >= 15 is 0 Å². The second-order valence-electron chi connectivity index (χ2n) is 5.75. The van der Waals surface area contributed by atoms with E-state index in [1.54, 1.807) is 18.2 Å². The van der Waals surface area contributed by atoms with Crippen molar-refractivity contribution in [3.05, 3.63) is 48.4 Å². The van der Waals surface area contributed by atoms with Gasteiger partial charge in [-0.15, -0.1) is 10.2 Å². The first-order chi connectivity index (χ1) is 13.7. The molecule has 2 aromatic carbocycles. The third-order valence-corrected chi connectivity index (χ3v) is 4.02. The van der Waals surface area contributed by atoms with Gasteiger partial charge in [-0.3, -0.25) is 0 Å². The number of phenols is 1. The SMILES string of the molecule is COc1cc(-c2nc3ccc(NC=C(C#N)c4nn[nH]n4)cc3[nH]2)ccc1O. The van der Waals surface area contributed by atoms with Crippen molar-refractivity contribution in [1.82, 2.24) is 30.6 Å². The van der Waals surface area contributed by atoms with Gasteiger partial charge in [-0.1, -0.05) is 0 Å². The molecule has 0 radical (unpaired) electrons. The molecular weight excluding hydrogens is 360 g/mol. The van der Waals surface area contributed by atoms with Crippen molar-refractivity contribution < 1.29 is 9.84 Å². The van der Waals surface area contributed by atoms with Gasteiger partial charge in [0, 0.05) is 17.5 Å². The van der Waals surface area contributed by atoms with Gasteiger partial charge < -0.3 is 20.1 Å². The minimum absolute atomic E-state index is 0.0653. The fraction of sp³-hybridized carbons (Fsp3) is 0.0556. The van der Waals surface area contributed by atoms with E-state index in [1.807, 2.05) is 24.3 Å². The predicted octanol–water partition coefficient (Wildman–Crippen LogP) is 2.43. The molecule has 0 aliphatic rings. The van der Waals surface area contributed by atoms with Crippen LogP contribution in [0.25, 0.3) is 28.0 Å². The molecule has 0 bridgehead atoms. The number of aromatic hydroxyl groups is 1. The number of nitrogens with zero attached hydrogens (tertiary/aromatic N) is 5. The van der Waals surface area contributed by atoms with Gasteiger partial charge in [-0.2, -0.15) is 10.5 Å². The van der Waals surface area contributed by atoms with Crippen LogP contribution in [0.3, 0.4) is 0 Å². The summed E-state index contributed by atoms with van der Waals surface area (Å²) in [5, 5.41) is 35.3. The summed E-state index contributed by atoms with van der Waals surface area (Å²) in [6.45, 7) is 0. The fourth-order valence-electron chi connectivity index (χ4n) is 2.64. The number of anilines is 1.